The van der Waals surface area contributed by atoms with Gasteiger partial charge in [0.25, 0.3) is 0 Å². The maximum atomic E-state index is 12.4. The van der Waals surface area contributed by atoms with Gasteiger partial charge in [-0.2, -0.15) is 0 Å². The first-order valence-corrected chi connectivity index (χ1v) is 13.7. The second-order valence-electron chi connectivity index (χ2n) is 9.35. The Morgan fingerprint density at radius 3 is 2.39 bits per heavy atom. The van der Waals surface area contributed by atoms with E-state index in [2.05, 4.69) is 36.3 Å². The van der Waals surface area contributed by atoms with Crippen molar-refractivity contribution in [1.82, 2.24) is 5.32 Å². The van der Waals surface area contributed by atoms with Gasteiger partial charge in [0.05, 0.1) is 38.2 Å². The second kappa shape index (κ2) is 26.3. The van der Waals surface area contributed by atoms with Gasteiger partial charge in [-0.3, -0.25) is 4.79 Å². The van der Waals surface area contributed by atoms with Crippen LogP contribution in [0.15, 0.2) is 40.6 Å². The van der Waals surface area contributed by atoms with Crippen molar-refractivity contribution in [2.75, 3.05) is 34.5 Å². The molecule has 0 aromatic heterocycles. The standard InChI is InChI=1S/C19H32N2O4.C10H18O.CH4O/c1-5-7-16(20-13-24-4)12-25-17-9-6-8-15(10-17)19(23)21-18(11-22)14(2)3;1-4-10(2)8-6-5-7-9-11-3;1-2/h7,11,13-15,17-18H,5-6,8-10,12H2,1-4H3,(H,21,23);5,7-8H,4,6,9H2,1-3H3;2H,1H3/b16-7+,20-13?;7-5-,10-8-;/t15?,17?,18-;;/m1../s1. The van der Waals surface area contributed by atoms with Crippen molar-refractivity contribution in [2.24, 2.45) is 16.8 Å². The Balaban J connectivity index is 0. The third-order valence-electron chi connectivity index (χ3n) is 5.99. The summed E-state index contributed by atoms with van der Waals surface area (Å²) in [6.07, 6.45) is 17.1. The molecule has 8 nitrogen and oxygen atoms in total. The van der Waals surface area contributed by atoms with Crippen molar-refractivity contribution in [3.63, 3.8) is 0 Å². The Hall–Kier alpha value is -2.29. The summed E-state index contributed by atoms with van der Waals surface area (Å²) in [7, 11) is 4.26. The predicted molar refractivity (Wildman–Crippen MR) is 156 cm³/mol. The molecule has 1 saturated carbocycles. The number of nitrogens with zero attached hydrogens (tertiary/aromatic N) is 1. The molecule has 0 spiro atoms. The Morgan fingerprint density at radius 2 is 1.84 bits per heavy atom. The maximum Gasteiger partial charge on any atom is 0.223 e. The maximum absolute atomic E-state index is 12.4. The van der Waals surface area contributed by atoms with Crippen molar-refractivity contribution in [2.45, 2.75) is 91.7 Å². The van der Waals surface area contributed by atoms with Gasteiger partial charge in [0.15, 0.2) is 6.40 Å². The fourth-order valence-electron chi connectivity index (χ4n) is 3.56. The van der Waals surface area contributed by atoms with E-state index in [9.17, 15) is 9.59 Å². The number of aldehydes is 1. The molecule has 0 bridgehead atoms. The molecule has 1 rings (SSSR count). The zero-order valence-electron chi connectivity index (χ0n) is 25.1. The van der Waals surface area contributed by atoms with Gasteiger partial charge in [0.1, 0.15) is 6.29 Å². The molecule has 0 heterocycles. The van der Waals surface area contributed by atoms with Crippen LogP contribution in [-0.2, 0) is 23.8 Å². The molecule has 1 amide bonds. The molecule has 220 valence electrons. The summed E-state index contributed by atoms with van der Waals surface area (Å²) in [5.41, 5.74) is 2.28. The molecule has 1 fully saturated rings. The average Bonchev–Trinajstić information content (AvgIpc) is 2.94. The molecule has 1 aliphatic rings. The molecule has 0 radical (unpaired) electrons. The predicted octanol–water partition coefficient (Wildman–Crippen LogP) is 5.41. The van der Waals surface area contributed by atoms with Crippen LogP contribution in [0.1, 0.15) is 79.6 Å². The molecule has 0 aromatic rings. The number of nitrogens with one attached hydrogen (secondary N) is 1. The van der Waals surface area contributed by atoms with E-state index in [1.54, 1.807) is 14.2 Å². The number of aliphatic hydroxyl groups excluding tert-OH is 1. The lowest BCUT2D eigenvalue weighted by Crippen LogP contribution is -2.44. The normalized spacial score (nSPS) is 18.9. The lowest BCUT2D eigenvalue weighted by atomic mass is 9.86. The summed E-state index contributed by atoms with van der Waals surface area (Å²) in [4.78, 5) is 27.7. The Bertz CT molecular complexity index is 716. The third-order valence-corrected chi connectivity index (χ3v) is 5.99. The fourth-order valence-corrected chi connectivity index (χ4v) is 3.56. The molecule has 3 atom stereocenters. The summed E-state index contributed by atoms with van der Waals surface area (Å²) in [5, 5.41) is 9.86. The van der Waals surface area contributed by atoms with E-state index >= 15 is 0 Å². The number of ether oxygens (including phenoxy) is 3. The topological polar surface area (TPSA) is 106 Å². The molecule has 2 N–H and O–H groups in total. The highest BCUT2D eigenvalue weighted by Gasteiger charge is 2.29. The number of carbonyl (C=O) groups excluding carboxylic acids is 2. The summed E-state index contributed by atoms with van der Waals surface area (Å²) in [6.45, 7) is 11.4. The zero-order chi connectivity index (χ0) is 29.2. The largest absolute Gasteiger partial charge is 0.486 e. The number of carbonyl (C=O) groups is 2. The molecule has 2 unspecified atom stereocenters. The Kier molecular flexibility index (Phi) is 26.2. The van der Waals surface area contributed by atoms with Crippen LogP contribution in [-0.4, -0.2) is 70.4 Å². The molecule has 0 aliphatic heterocycles. The van der Waals surface area contributed by atoms with Gasteiger partial charge >= 0.3 is 0 Å². The fraction of sp³-hybridized carbons (Fsp3) is 0.700. The number of allylic oxidation sites excluding steroid dienone is 4. The van der Waals surface area contributed by atoms with Gasteiger partial charge < -0.3 is 29.4 Å². The number of methoxy groups -OCH3 is 2. The molecule has 0 aromatic carbocycles. The molecule has 1 aliphatic carbocycles. The van der Waals surface area contributed by atoms with E-state index in [0.29, 0.717) is 13.0 Å². The highest BCUT2D eigenvalue weighted by molar-refractivity contribution is 5.82. The lowest BCUT2D eigenvalue weighted by molar-refractivity contribution is -0.130. The molecular formula is C30H54N2O6. The first-order chi connectivity index (χ1) is 18.3. The van der Waals surface area contributed by atoms with Crippen molar-refractivity contribution in [3.05, 3.63) is 35.6 Å². The van der Waals surface area contributed by atoms with Crippen LogP contribution in [0.2, 0.25) is 0 Å². The van der Waals surface area contributed by atoms with Crippen LogP contribution >= 0.6 is 0 Å². The number of aliphatic hydroxyl groups is 1. The highest BCUT2D eigenvalue weighted by Crippen LogP contribution is 2.27. The first kappa shape index (κ1) is 37.9. The molecule has 0 saturated heterocycles. The Labute approximate surface area is 231 Å². The quantitative estimate of drug-likeness (QED) is 0.125. The van der Waals surface area contributed by atoms with Gasteiger partial charge in [-0.25, -0.2) is 4.99 Å². The van der Waals surface area contributed by atoms with E-state index < -0.39 is 6.04 Å². The van der Waals surface area contributed by atoms with E-state index in [4.69, 9.17) is 19.3 Å². The lowest BCUT2D eigenvalue weighted by Gasteiger charge is -2.29. The third kappa shape index (κ3) is 19.8. The number of rotatable bonds is 15. The van der Waals surface area contributed by atoms with Crippen LogP contribution in [0.4, 0.5) is 0 Å². The summed E-state index contributed by atoms with van der Waals surface area (Å²) < 4.78 is 15.7. The minimum absolute atomic E-state index is 0.0382. The van der Waals surface area contributed by atoms with Crippen molar-refractivity contribution < 1.29 is 28.9 Å². The van der Waals surface area contributed by atoms with Gasteiger partial charge in [-0.1, -0.05) is 64.0 Å². The number of amides is 1. The van der Waals surface area contributed by atoms with Gasteiger partial charge in [0.2, 0.25) is 5.91 Å². The van der Waals surface area contributed by atoms with Gasteiger partial charge in [-0.05, 0) is 51.4 Å². The number of hydrogen-bond acceptors (Lipinski definition) is 7. The monoisotopic (exact) mass is 538 g/mol. The van der Waals surface area contributed by atoms with E-state index in [1.165, 1.54) is 12.0 Å². The smallest absolute Gasteiger partial charge is 0.223 e. The zero-order valence-corrected chi connectivity index (χ0v) is 25.1. The SMILES string of the molecule is CC/C(C)=C\C/C=C\COC.CC/C=C(\COC1CCCC(C(=O)N[C@H](C=O)C(C)C)C1)N=COC.CO. The Morgan fingerprint density at radius 1 is 1.13 bits per heavy atom. The summed E-state index contributed by atoms with van der Waals surface area (Å²) in [6, 6.07) is -0.420. The molecule has 8 heteroatoms. The van der Waals surface area contributed by atoms with Gasteiger partial charge in [-0.15, -0.1) is 0 Å². The summed E-state index contributed by atoms with van der Waals surface area (Å²) >= 11 is 0. The van der Waals surface area contributed by atoms with Crippen molar-refractivity contribution >= 4 is 18.6 Å². The van der Waals surface area contributed by atoms with Crippen molar-refractivity contribution in [3.8, 4) is 0 Å². The minimum atomic E-state index is -0.420. The van der Waals surface area contributed by atoms with Crippen molar-refractivity contribution in [1.29, 1.82) is 0 Å². The minimum Gasteiger partial charge on any atom is -0.486 e. The van der Waals surface area contributed by atoms with E-state index in [0.717, 1.165) is 64.2 Å². The van der Waals surface area contributed by atoms with Crippen LogP contribution in [0.5, 0.6) is 0 Å². The van der Waals surface area contributed by atoms with Crippen LogP contribution in [0.3, 0.4) is 0 Å². The molecule has 38 heavy (non-hydrogen) atoms. The second-order valence-corrected chi connectivity index (χ2v) is 9.35. The first-order valence-electron chi connectivity index (χ1n) is 13.7. The average molecular weight is 539 g/mol. The number of aliphatic imine (C=N–C) groups is 1. The van der Waals surface area contributed by atoms with Gasteiger partial charge in [0, 0.05) is 20.1 Å². The summed E-state index contributed by atoms with van der Waals surface area (Å²) in [5.74, 6) is -0.0423. The highest BCUT2D eigenvalue weighted by atomic mass is 16.5. The van der Waals surface area contributed by atoms with E-state index in [1.807, 2.05) is 32.9 Å². The molecular weight excluding hydrogens is 484 g/mol. The van der Waals surface area contributed by atoms with Crippen LogP contribution in [0.25, 0.3) is 0 Å². The number of hydrogen-bond donors (Lipinski definition) is 2. The van der Waals surface area contributed by atoms with E-state index in [-0.39, 0.29) is 23.8 Å². The van der Waals surface area contributed by atoms with Crippen LogP contribution < -0.4 is 5.32 Å². The van der Waals surface area contributed by atoms with Crippen LogP contribution in [0, 0.1) is 11.8 Å².